The molecule has 0 saturated heterocycles. The molecule has 27 heavy (non-hydrogen) atoms. The quantitative estimate of drug-likeness (QED) is 0.650. The molecule has 2 aromatic carbocycles. The third-order valence-corrected chi connectivity index (χ3v) is 5.12. The first-order valence-corrected chi connectivity index (χ1v) is 8.78. The second-order valence-corrected chi connectivity index (χ2v) is 6.86. The number of hydrogen-bond donors (Lipinski definition) is 0. The number of carbonyl (C=O) groups is 1. The van der Waals surface area contributed by atoms with Crippen LogP contribution >= 0.6 is 0 Å². The SMILES string of the molecule is CCOC(=O)C1(c2ccc(C)cc2C)C(C)=C1c1ccc(C(F)(F)F)cc1. The molecule has 1 aliphatic rings. The molecule has 5 heteroatoms. The van der Waals surface area contributed by atoms with E-state index in [1.165, 1.54) is 12.1 Å². The molecule has 3 rings (SSSR count). The van der Waals surface area contributed by atoms with Crippen LogP contribution in [0.3, 0.4) is 0 Å². The van der Waals surface area contributed by atoms with Gasteiger partial charge in [0.15, 0.2) is 0 Å². The highest BCUT2D eigenvalue weighted by Gasteiger charge is 2.60. The number of hydrogen-bond acceptors (Lipinski definition) is 2. The lowest BCUT2D eigenvalue weighted by Crippen LogP contribution is -2.29. The Hall–Kier alpha value is -2.56. The zero-order valence-corrected chi connectivity index (χ0v) is 15.7. The van der Waals surface area contributed by atoms with Gasteiger partial charge in [-0.05, 0) is 67.7 Å². The first kappa shape index (κ1) is 19.2. The first-order chi connectivity index (χ1) is 12.6. The average molecular weight is 374 g/mol. The van der Waals surface area contributed by atoms with E-state index in [-0.39, 0.29) is 12.6 Å². The lowest BCUT2D eigenvalue weighted by Gasteiger charge is -2.21. The van der Waals surface area contributed by atoms with Crippen LogP contribution in [-0.4, -0.2) is 12.6 Å². The fourth-order valence-corrected chi connectivity index (χ4v) is 3.84. The molecule has 0 N–H and O–H groups in total. The van der Waals surface area contributed by atoms with Crippen LogP contribution in [0, 0.1) is 13.8 Å². The van der Waals surface area contributed by atoms with Crippen molar-refractivity contribution in [2.75, 3.05) is 6.61 Å². The highest BCUT2D eigenvalue weighted by molar-refractivity contribution is 6.15. The van der Waals surface area contributed by atoms with Crippen LogP contribution < -0.4 is 0 Å². The maximum atomic E-state index is 12.9. The van der Waals surface area contributed by atoms with Gasteiger partial charge in [0.05, 0.1) is 12.2 Å². The van der Waals surface area contributed by atoms with Gasteiger partial charge in [0.2, 0.25) is 0 Å². The Morgan fingerprint density at radius 3 is 2.19 bits per heavy atom. The molecule has 0 radical (unpaired) electrons. The molecular formula is C22H21F3O2. The average Bonchev–Trinajstić information content (AvgIpc) is 3.20. The van der Waals surface area contributed by atoms with Crippen LogP contribution in [0.25, 0.3) is 5.57 Å². The van der Waals surface area contributed by atoms with Crippen molar-refractivity contribution in [3.05, 3.63) is 75.9 Å². The Balaban J connectivity index is 2.08. The Morgan fingerprint density at radius 1 is 1.04 bits per heavy atom. The summed E-state index contributed by atoms with van der Waals surface area (Å²) >= 11 is 0. The molecule has 0 aliphatic heterocycles. The fraction of sp³-hybridized carbons (Fsp3) is 0.318. The van der Waals surface area contributed by atoms with Gasteiger partial charge in [-0.3, -0.25) is 4.79 Å². The summed E-state index contributed by atoms with van der Waals surface area (Å²) in [4.78, 5) is 12.9. The Bertz CT molecular complexity index is 924. The number of halogens is 3. The molecule has 0 fully saturated rings. The summed E-state index contributed by atoms with van der Waals surface area (Å²) in [6.07, 6.45) is -4.39. The van der Waals surface area contributed by atoms with Gasteiger partial charge in [0, 0.05) is 0 Å². The van der Waals surface area contributed by atoms with Crippen molar-refractivity contribution in [1.82, 2.24) is 0 Å². The molecule has 1 unspecified atom stereocenters. The summed E-state index contributed by atoms with van der Waals surface area (Å²) in [7, 11) is 0. The van der Waals surface area contributed by atoms with Crippen LogP contribution in [0.1, 0.15) is 41.7 Å². The minimum Gasteiger partial charge on any atom is -0.465 e. The molecule has 0 spiro atoms. The summed E-state index contributed by atoms with van der Waals surface area (Å²) < 4.78 is 43.9. The molecule has 0 saturated carbocycles. The summed E-state index contributed by atoms with van der Waals surface area (Å²) in [6, 6.07) is 10.8. The molecule has 0 bridgehead atoms. The molecule has 0 heterocycles. The van der Waals surface area contributed by atoms with Gasteiger partial charge in [-0.1, -0.05) is 35.9 Å². The lowest BCUT2D eigenvalue weighted by atomic mass is 9.83. The highest BCUT2D eigenvalue weighted by Crippen LogP contribution is 2.61. The molecule has 2 aromatic rings. The van der Waals surface area contributed by atoms with Crippen LogP contribution in [0.15, 0.2) is 48.0 Å². The van der Waals surface area contributed by atoms with E-state index in [9.17, 15) is 18.0 Å². The minimum absolute atomic E-state index is 0.235. The van der Waals surface area contributed by atoms with E-state index in [0.717, 1.165) is 40.0 Å². The summed E-state index contributed by atoms with van der Waals surface area (Å²) in [5.74, 6) is -0.385. The molecule has 2 nitrogen and oxygen atoms in total. The van der Waals surface area contributed by atoms with Crippen molar-refractivity contribution >= 4 is 11.5 Å². The zero-order valence-electron chi connectivity index (χ0n) is 15.7. The van der Waals surface area contributed by atoms with Gasteiger partial charge in [-0.25, -0.2) is 0 Å². The third-order valence-electron chi connectivity index (χ3n) is 5.12. The molecular weight excluding hydrogens is 353 g/mol. The molecule has 1 aliphatic carbocycles. The fourth-order valence-electron chi connectivity index (χ4n) is 3.84. The van der Waals surface area contributed by atoms with Crippen molar-refractivity contribution in [2.45, 2.75) is 39.3 Å². The van der Waals surface area contributed by atoms with Crippen LogP contribution in [0.5, 0.6) is 0 Å². The van der Waals surface area contributed by atoms with E-state index in [4.69, 9.17) is 4.74 Å². The first-order valence-electron chi connectivity index (χ1n) is 8.78. The Kier molecular flexibility index (Phi) is 4.66. The number of ether oxygens (including phenoxy) is 1. The molecule has 142 valence electrons. The number of benzene rings is 2. The van der Waals surface area contributed by atoms with Gasteiger partial charge >= 0.3 is 12.1 Å². The van der Waals surface area contributed by atoms with Crippen molar-refractivity contribution < 1.29 is 22.7 Å². The number of carbonyl (C=O) groups excluding carboxylic acids is 1. The lowest BCUT2D eigenvalue weighted by molar-refractivity contribution is -0.145. The molecule has 1 atom stereocenters. The predicted molar refractivity (Wildman–Crippen MR) is 98.3 cm³/mol. The zero-order chi connectivity index (χ0) is 20.0. The summed E-state index contributed by atoms with van der Waals surface area (Å²) in [6.45, 7) is 7.71. The van der Waals surface area contributed by atoms with Crippen LogP contribution in [0.2, 0.25) is 0 Å². The van der Waals surface area contributed by atoms with E-state index in [1.807, 2.05) is 39.0 Å². The Morgan fingerprint density at radius 2 is 1.67 bits per heavy atom. The third kappa shape index (κ3) is 3.05. The van der Waals surface area contributed by atoms with Gasteiger partial charge < -0.3 is 4.74 Å². The topological polar surface area (TPSA) is 26.3 Å². The number of esters is 1. The van der Waals surface area contributed by atoms with E-state index in [0.29, 0.717) is 5.56 Å². The summed E-state index contributed by atoms with van der Waals surface area (Å²) in [5.41, 5.74) is 3.25. The standard InChI is InChI=1S/C22H21F3O2/c1-5-27-20(26)21(18-11-6-13(2)12-14(18)3)15(4)19(21)16-7-9-17(10-8-16)22(23,24)25/h6-12H,5H2,1-4H3. The number of aryl methyl sites for hydroxylation is 2. The second kappa shape index (κ2) is 6.55. The van der Waals surface area contributed by atoms with E-state index >= 15 is 0 Å². The van der Waals surface area contributed by atoms with Gasteiger partial charge in [-0.15, -0.1) is 0 Å². The van der Waals surface area contributed by atoms with E-state index in [1.54, 1.807) is 6.92 Å². The maximum absolute atomic E-state index is 12.9. The predicted octanol–water partition coefficient (Wildman–Crippen LogP) is 5.61. The molecule has 0 aromatic heterocycles. The van der Waals surface area contributed by atoms with Crippen LogP contribution in [-0.2, 0) is 21.1 Å². The largest absolute Gasteiger partial charge is 0.465 e. The monoisotopic (exact) mass is 374 g/mol. The highest BCUT2D eigenvalue weighted by atomic mass is 19.4. The van der Waals surface area contributed by atoms with Crippen molar-refractivity contribution in [2.24, 2.45) is 0 Å². The minimum atomic E-state index is -4.39. The van der Waals surface area contributed by atoms with Gasteiger partial charge in [-0.2, -0.15) is 13.2 Å². The number of rotatable bonds is 4. The van der Waals surface area contributed by atoms with Crippen molar-refractivity contribution in [3.63, 3.8) is 0 Å². The van der Waals surface area contributed by atoms with Gasteiger partial charge in [0.25, 0.3) is 0 Å². The number of alkyl halides is 3. The molecule has 0 amide bonds. The van der Waals surface area contributed by atoms with E-state index < -0.39 is 17.2 Å². The van der Waals surface area contributed by atoms with Crippen LogP contribution in [0.4, 0.5) is 13.2 Å². The van der Waals surface area contributed by atoms with E-state index in [2.05, 4.69) is 0 Å². The van der Waals surface area contributed by atoms with Crippen molar-refractivity contribution in [1.29, 1.82) is 0 Å². The smallest absolute Gasteiger partial charge is 0.416 e. The second-order valence-electron chi connectivity index (χ2n) is 6.86. The summed E-state index contributed by atoms with van der Waals surface area (Å²) in [5, 5.41) is 0. The maximum Gasteiger partial charge on any atom is 0.416 e. The normalized spacial score (nSPS) is 19.2. The van der Waals surface area contributed by atoms with Gasteiger partial charge in [0.1, 0.15) is 5.41 Å². The Labute approximate surface area is 156 Å². The van der Waals surface area contributed by atoms with Crippen molar-refractivity contribution in [3.8, 4) is 0 Å².